The second kappa shape index (κ2) is 32.3. The van der Waals surface area contributed by atoms with Crippen LogP contribution in [0.25, 0.3) is 0 Å². The minimum absolute atomic E-state index is 0.104. The molecule has 342 valence electrons. The van der Waals surface area contributed by atoms with Crippen LogP contribution in [0.2, 0.25) is 0 Å². The Hall–Kier alpha value is -0.440. The Bertz CT molecular complexity index is 1140. The Labute approximate surface area is 358 Å². The fourth-order valence-electron chi connectivity index (χ4n) is 8.03. The predicted molar refractivity (Wildman–Crippen MR) is 224 cm³/mol. The summed E-state index contributed by atoms with van der Waals surface area (Å²) in [6.07, 6.45) is 6.39. The third-order valence-electron chi connectivity index (χ3n) is 10.9. The summed E-state index contributed by atoms with van der Waals surface area (Å²) in [6, 6.07) is 0. The van der Waals surface area contributed by atoms with E-state index in [-0.39, 0.29) is 41.5 Å². The van der Waals surface area contributed by atoms with Crippen LogP contribution < -0.4 is 10.0 Å². The number of sulfonamides is 1. The first-order valence-corrected chi connectivity index (χ1v) is 24.0. The predicted octanol–water partition coefficient (Wildman–Crippen LogP) is 3.33. The van der Waals surface area contributed by atoms with Gasteiger partial charge in [0.05, 0.1) is 118 Å². The molecule has 3 rings (SSSR count). The Morgan fingerprint density at radius 1 is 0.586 bits per heavy atom. The molecule has 0 radical (unpaired) electrons. The van der Waals surface area contributed by atoms with Gasteiger partial charge in [-0.1, -0.05) is 6.92 Å². The van der Waals surface area contributed by atoms with Gasteiger partial charge in [0.15, 0.2) is 0 Å². The lowest BCUT2D eigenvalue weighted by atomic mass is 9.63. The lowest BCUT2D eigenvalue weighted by Gasteiger charge is -2.51. The summed E-state index contributed by atoms with van der Waals surface area (Å²) >= 11 is 13.4. The summed E-state index contributed by atoms with van der Waals surface area (Å²) in [5, 5.41) is 2.70. The maximum absolute atomic E-state index is 13.0. The van der Waals surface area contributed by atoms with Crippen LogP contribution in [-0.2, 0) is 57.4 Å². The number of hydrogen-bond acceptors (Lipinski definition) is 13. The third-order valence-corrected chi connectivity index (χ3v) is 13.7. The van der Waals surface area contributed by atoms with Gasteiger partial charge in [0.25, 0.3) is 0 Å². The molecule has 3 aliphatic rings. The van der Waals surface area contributed by atoms with Gasteiger partial charge in [0, 0.05) is 50.0 Å². The number of fused-ring (bicyclic) bond motifs is 1. The van der Waals surface area contributed by atoms with Crippen molar-refractivity contribution in [2.75, 3.05) is 152 Å². The van der Waals surface area contributed by atoms with Crippen LogP contribution in [-0.4, -0.2) is 187 Å². The first kappa shape index (κ1) is 51.9. The molecule has 0 aromatic carbocycles. The van der Waals surface area contributed by atoms with Gasteiger partial charge >= 0.3 is 0 Å². The monoisotopic (exact) mass is 891 g/mol. The molecule has 1 heterocycles. The summed E-state index contributed by atoms with van der Waals surface area (Å²) < 4.78 is 78.0. The van der Waals surface area contributed by atoms with Crippen LogP contribution in [0.15, 0.2) is 0 Å². The molecule has 5 atom stereocenters. The van der Waals surface area contributed by atoms with Gasteiger partial charge in [-0.05, 0) is 75.7 Å². The highest BCUT2D eigenvalue weighted by molar-refractivity contribution is 7.90. The van der Waals surface area contributed by atoms with Crippen molar-refractivity contribution in [1.82, 2.24) is 14.9 Å². The maximum atomic E-state index is 13.0. The zero-order chi connectivity index (χ0) is 41.7. The number of carbonyl (C=O) groups excluding carboxylic acids is 1. The fourth-order valence-corrected chi connectivity index (χ4v) is 10.5. The molecule has 2 saturated carbocycles. The molecule has 0 aromatic rings. The molecule has 15 nitrogen and oxygen atoms in total. The van der Waals surface area contributed by atoms with Crippen LogP contribution in [0.3, 0.4) is 0 Å². The second-order valence-electron chi connectivity index (χ2n) is 15.4. The fraction of sp³-hybridized carbons (Fsp3) is 0.975. The van der Waals surface area contributed by atoms with Crippen molar-refractivity contribution in [1.29, 1.82) is 0 Å². The molecule has 0 spiro atoms. The number of hydrogen-bond donors (Lipinski definition) is 2. The smallest absolute Gasteiger partial charge is 0.222 e. The van der Waals surface area contributed by atoms with Gasteiger partial charge in [0.1, 0.15) is 0 Å². The van der Waals surface area contributed by atoms with Crippen molar-refractivity contribution in [3.05, 3.63) is 0 Å². The Balaban J connectivity index is 1.02. The molecule has 1 saturated heterocycles. The van der Waals surface area contributed by atoms with Crippen molar-refractivity contribution >= 4 is 39.1 Å². The molecular weight excluding hydrogens is 817 g/mol. The van der Waals surface area contributed by atoms with E-state index in [9.17, 15) is 13.2 Å². The number of nitrogens with zero attached hydrogens (tertiary/aromatic N) is 1. The van der Waals surface area contributed by atoms with E-state index in [2.05, 4.69) is 28.9 Å². The van der Waals surface area contributed by atoms with E-state index in [0.717, 1.165) is 51.8 Å². The van der Waals surface area contributed by atoms with Crippen LogP contribution in [0.4, 0.5) is 0 Å². The van der Waals surface area contributed by atoms with Gasteiger partial charge in [0.2, 0.25) is 15.9 Å². The SMILES string of the molecule is CCCOCCOCCOCCOCCOCCOCCC(=O)NCCOCCOCCOCCNS(=O)(=O)C1CCC(C2CN(C)CC3C(Cl)CC(Cl)CC32)CC1. The average molecular weight is 893 g/mol. The molecule has 18 heteroatoms. The summed E-state index contributed by atoms with van der Waals surface area (Å²) in [5.41, 5.74) is 0. The summed E-state index contributed by atoms with van der Waals surface area (Å²) in [6.45, 7) is 13.1. The largest absolute Gasteiger partial charge is 0.379 e. The molecular formula is C40H75Cl2N3O12S. The Morgan fingerprint density at radius 2 is 1.03 bits per heavy atom. The molecule has 58 heavy (non-hydrogen) atoms. The number of carbonyl (C=O) groups is 1. The average Bonchev–Trinajstić information content (AvgIpc) is 3.20. The minimum atomic E-state index is -3.40. The molecule has 2 aliphatic carbocycles. The van der Waals surface area contributed by atoms with Crippen molar-refractivity contribution in [2.45, 2.75) is 74.3 Å². The van der Waals surface area contributed by atoms with E-state index in [1.165, 1.54) is 0 Å². The number of halogens is 2. The highest BCUT2D eigenvalue weighted by Crippen LogP contribution is 2.48. The lowest BCUT2D eigenvalue weighted by Crippen LogP contribution is -2.53. The number of ether oxygens (including phenoxy) is 9. The normalized spacial score (nSPS) is 25.5. The Kier molecular flexibility index (Phi) is 28.9. The topological polar surface area (TPSA) is 162 Å². The van der Waals surface area contributed by atoms with Crippen LogP contribution >= 0.6 is 23.2 Å². The second-order valence-corrected chi connectivity index (χ2v) is 18.6. The highest BCUT2D eigenvalue weighted by Gasteiger charge is 2.47. The van der Waals surface area contributed by atoms with Crippen molar-refractivity contribution in [3.63, 3.8) is 0 Å². The first-order chi connectivity index (χ1) is 28.2. The highest BCUT2D eigenvalue weighted by atomic mass is 35.5. The molecule has 0 aromatic heterocycles. The van der Waals surface area contributed by atoms with Crippen molar-refractivity contribution < 1.29 is 55.8 Å². The summed E-state index contributed by atoms with van der Waals surface area (Å²) in [7, 11) is -1.22. The van der Waals surface area contributed by atoms with E-state index >= 15 is 0 Å². The zero-order valence-corrected chi connectivity index (χ0v) is 37.6. The number of nitrogens with one attached hydrogen (secondary N) is 2. The zero-order valence-electron chi connectivity index (χ0n) is 35.3. The van der Waals surface area contributed by atoms with Crippen LogP contribution in [0, 0.1) is 23.7 Å². The molecule has 0 bridgehead atoms. The minimum Gasteiger partial charge on any atom is -0.379 e. The van der Waals surface area contributed by atoms with Gasteiger partial charge in [-0.25, -0.2) is 13.1 Å². The van der Waals surface area contributed by atoms with E-state index < -0.39 is 10.0 Å². The van der Waals surface area contributed by atoms with E-state index in [1.54, 1.807) is 0 Å². The summed E-state index contributed by atoms with van der Waals surface area (Å²) in [5.74, 6) is 1.94. The summed E-state index contributed by atoms with van der Waals surface area (Å²) in [4.78, 5) is 14.4. The number of likely N-dealkylation sites (tertiary alicyclic amines) is 1. The molecule has 1 aliphatic heterocycles. The number of alkyl halides is 2. The number of rotatable bonds is 35. The standard InChI is InChI=1S/C40H75Cl2N3O12S/c1-3-11-49-15-19-53-23-25-56-27-28-57-26-24-54-20-16-50-12-8-40(46)43-9-13-51-17-21-55-22-18-52-14-10-44-58(47,48)35-6-4-33(5-7-35)37-31-45(2)32-38-36(37)29-34(41)30-39(38)42/h33-39,44H,3-32H2,1-2H3,(H,43,46). The van der Waals surface area contributed by atoms with Gasteiger partial charge in [-0.3, -0.25) is 4.79 Å². The van der Waals surface area contributed by atoms with Gasteiger partial charge in [-0.2, -0.15) is 0 Å². The van der Waals surface area contributed by atoms with E-state index in [4.69, 9.17) is 65.8 Å². The lowest BCUT2D eigenvalue weighted by molar-refractivity contribution is -0.122. The molecule has 5 unspecified atom stereocenters. The quantitative estimate of drug-likeness (QED) is 0.0706. The van der Waals surface area contributed by atoms with Crippen LogP contribution in [0.1, 0.15) is 58.3 Å². The molecule has 2 N–H and O–H groups in total. The number of amides is 1. The third kappa shape index (κ3) is 22.6. The molecule has 3 fully saturated rings. The van der Waals surface area contributed by atoms with Crippen LogP contribution in [0.5, 0.6) is 0 Å². The van der Waals surface area contributed by atoms with E-state index in [1.807, 2.05) is 0 Å². The van der Waals surface area contributed by atoms with Crippen molar-refractivity contribution in [3.8, 4) is 0 Å². The first-order valence-electron chi connectivity index (χ1n) is 21.6. The maximum Gasteiger partial charge on any atom is 0.222 e. The Morgan fingerprint density at radius 3 is 1.55 bits per heavy atom. The van der Waals surface area contributed by atoms with E-state index in [0.29, 0.717) is 149 Å². The van der Waals surface area contributed by atoms with Gasteiger partial charge < -0.3 is 52.8 Å². The number of piperidine rings is 1. The van der Waals surface area contributed by atoms with Gasteiger partial charge in [-0.15, -0.1) is 23.2 Å². The molecule has 1 amide bonds. The van der Waals surface area contributed by atoms with Crippen molar-refractivity contribution in [2.24, 2.45) is 23.7 Å².